The van der Waals surface area contributed by atoms with E-state index in [0.717, 1.165) is 12.1 Å². The molecule has 18 heavy (non-hydrogen) atoms. The van der Waals surface area contributed by atoms with E-state index in [2.05, 4.69) is 5.43 Å². The number of hydrogen-bond acceptors (Lipinski definition) is 3. The topological polar surface area (TPSA) is 38.0 Å². The van der Waals surface area contributed by atoms with E-state index in [1.165, 1.54) is 17.4 Å². The lowest BCUT2D eigenvalue weighted by molar-refractivity contribution is 0.504. The predicted octanol–water partition coefficient (Wildman–Crippen LogP) is 3.89. The molecule has 2 nitrogen and oxygen atoms in total. The van der Waals surface area contributed by atoms with Gasteiger partial charge in [-0.15, -0.1) is 11.3 Å². The van der Waals surface area contributed by atoms with E-state index in [0.29, 0.717) is 19.8 Å². The van der Waals surface area contributed by atoms with Crippen LogP contribution in [0.3, 0.4) is 0 Å². The molecule has 1 aromatic heterocycles. The lowest BCUT2D eigenvalue weighted by Gasteiger charge is -2.16. The summed E-state index contributed by atoms with van der Waals surface area (Å²) in [7, 11) is 0. The summed E-state index contributed by atoms with van der Waals surface area (Å²) >= 11 is 13.0. The zero-order valence-electron chi connectivity index (χ0n) is 8.88. The highest BCUT2D eigenvalue weighted by Crippen LogP contribution is 2.37. The molecule has 0 spiro atoms. The molecule has 0 saturated heterocycles. The summed E-state index contributed by atoms with van der Waals surface area (Å²) < 4.78 is 27.0. The van der Waals surface area contributed by atoms with Crippen molar-refractivity contribution in [3.8, 4) is 0 Å². The van der Waals surface area contributed by atoms with Crippen molar-refractivity contribution >= 4 is 34.5 Å². The highest BCUT2D eigenvalue weighted by molar-refractivity contribution is 7.20. The molecule has 1 unspecified atom stereocenters. The van der Waals surface area contributed by atoms with Gasteiger partial charge in [-0.3, -0.25) is 5.84 Å². The minimum atomic E-state index is -0.940. The fourth-order valence-electron chi connectivity index (χ4n) is 1.61. The Hall–Kier alpha value is -0.720. The normalized spacial score (nSPS) is 12.7. The smallest absolute Gasteiger partial charge is 0.159 e. The zero-order chi connectivity index (χ0) is 13.3. The molecule has 1 aromatic carbocycles. The molecule has 0 saturated carbocycles. The van der Waals surface area contributed by atoms with Crippen molar-refractivity contribution in [2.24, 2.45) is 5.84 Å². The van der Waals surface area contributed by atoms with Crippen molar-refractivity contribution < 1.29 is 8.78 Å². The molecule has 2 aromatic rings. The SMILES string of the molecule is NNC(c1ccc(F)c(F)c1)c1cc(Cl)sc1Cl. The molecular weight excluding hydrogens is 301 g/mol. The first-order valence-electron chi connectivity index (χ1n) is 4.88. The first-order chi connectivity index (χ1) is 8.52. The van der Waals surface area contributed by atoms with E-state index in [1.54, 1.807) is 6.07 Å². The van der Waals surface area contributed by atoms with Crippen molar-refractivity contribution in [1.82, 2.24) is 5.43 Å². The van der Waals surface area contributed by atoms with Crippen LogP contribution in [0.2, 0.25) is 8.67 Å². The fourth-order valence-corrected chi connectivity index (χ4v) is 3.14. The minimum absolute atomic E-state index is 0.452. The molecule has 0 aliphatic heterocycles. The second-order valence-corrected chi connectivity index (χ2v) is 5.84. The Labute approximate surface area is 116 Å². The summed E-state index contributed by atoms with van der Waals surface area (Å²) in [5.41, 5.74) is 3.60. The average Bonchev–Trinajstić information content (AvgIpc) is 2.64. The molecule has 7 heteroatoms. The van der Waals surface area contributed by atoms with Gasteiger partial charge in [-0.1, -0.05) is 29.3 Å². The molecule has 0 radical (unpaired) electrons. The van der Waals surface area contributed by atoms with Crippen molar-refractivity contribution in [2.45, 2.75) is 6.04 Å². The Bertz CT molecular complexity index is 574. The molecule has 1 heterocycles. The van der Waals surface area contributed by atoms with Crippen molar-refractivity contribution in [3.63, 3.8) is 0 Å². The summed E-state index contributed by atoms with van der Waals surface area (Å²) in [5, 5.41) is 0. The van der Waals surface area contributed by atoms with Crippen LogP contribution < -0.4 is 11.3 Å². The number of hydrazine groups is 1. The number of rotatable bonds is 3. The van der Waals surface area contributed by atoms with Crippen LogP contribution in [0, 0.1) is 11.6 Å². The van der Waals surface area contributed by atoms with E-state index in [4.69, 9.17) is 29.0 Å². The Balaban J connectivity index is 2.45. The third kappa shape index (κ3) is 2.65. The summed E-state index contributed by atoms with van der Waals surface area (Å²) in [6.07, 6.45) is 0. The standard InChI is InChI=1S/C11H8Cl2F2N2S/c12-9-4-6(11(13)18-9)10(17-16)5-1-2-7(14)8(15)3-5/h1-4,10,17H,16H2. The van der Waals surface area contributed by atoms with Gasteiger partial charge in [-0.25, -0.2) is 14.2 Å². The number of nitrogens with two attached hydrogens (primary N) is 1. The number of benzene rings is 1. The molecule has 0 bridgehead atoms. The second kappa shape index (κ2) is 5.50. The molecule has 3 N–H and O–H groups in total. The Kier molecular flexibility index (Phi) is 4.19. The maximum atomic E-state index is 13.2. The van der Waals surface area contributed by atoms with Crippen LogP contribution in [0.25, 0.3) is 0 Å². The monoisotopic (exact) mass is 308 g/mol. The summed E-state index contributed by atoms with van der Waals surface area (Å²) in [4.78, 5) is 0. The Morgan fingerprint density at radius 1 is 1.17 bits per heavy atom. The fraction of sp³-hybridized carbons (Fsp3) is 0.0909. The molecule has 0 fully saturated rings. The molecule has 2 rings (SSSR count). The third-order valence-electron chi connectivity index (χ3n) is 2.44. The maximum absolute atomic E-state index is 13.2. The van der Waals surface area contributed by atoms with Gasteiger partial charge in [0.1, 0.15) is 0 Å². The number of nitrogens with one attached hydrogen (secondary N) is 1. The van der Waals surface area contributed by atoms with E-state index in [1.807, 2.05) is 0 Å². The Morgan fingerprint density at radius 2 is 1.89 bits per heavy atom. The summed E-state index contributed by atoms with van der Waals surface area (Å²) in [6.45, 7) is 0. The third-order valence-corrected chi connectivity index (χ3v) is 3.96. The van der Waals surface area contributed by atoms with Crippen LogP contribution in [0.4, 0.5) is 8.78 Å². The summed E-state index contributed by atoms with van der Waals surface area (Å²) in [5.74, 6) is 3.59. The molecular formula is C11H8Cl2F2N2S. The van der Waals surface area contributed by atoms with Gasteiger partial charge in [0.2, 0.25) is 0 Å². The molecule has 0 aliphatic carbocycles. The van der Waals surface area contributed by atoms with Crippen LogP contribution in [-0.2, 0) is 0 Å². The minimum Gasteiger partial charge on any atom is -0.271 e. The second-order valence-electron chi connectivity index (χ2n) is 3.55. The molecule has 0 amide bonds. The first kappa shape index (κ1) is 13.7. The van der Waals surface area contributed by atoms with Crippen LogP contribution >= 0.6 is 34.5 Å². The predicted molar refractivity (Wildman–Crippen MR) is 69.9 cm³/mol. The largest absolute Gasteiger partial charge is 0.271 e. The van der Waals surface area contributed by atoms with Crippen molar-refractivity contribution in [2.75, 3.05) is 0 Å². The van der Waals surface area contributed by atoms with Gasteiger partial charge < -0.3 is 0 Å². The van der Waals surface area contributed by atoms with Gasteiger partial charge in [0.05, 0.1) is 14.7 Å². The highest BCUT2D eigenvalue weighted by atomic mass is 35.5. The van der Waals surface area contributed by atoms with E-state index >= 15 is 0 Å². The zero-order valence-corrected chi connectivity index (χ0v) is 11.2. The van der Waals surface area contributed by atoms with Gasteiger partial charge in [-0.2, -0.15) is 0 Å². The van der Waals surface area contributed by atoms with Crippen LogP contribution in [0.1, 0.15) is 17.2 Å². The van der Waals surface area contributed by atoms with Gasteiger partial charge in [0, 0.05) is 5.56 Å². The number of hydrogen-bond donors (Lipinski definition) is 2. The maximum Gasteiger partial charge on any atom is 0.159 e. The molecule has 0 aliphatic rings. The van der Waals surface area contributed by atoms with Gasteiger partial charge in [0.15, 0.2) is 11.6 Å². The van der Waals surface area contributed by atoms with Crippen molar-refractivity contribution in [1.29, 1.82) is 0 Å². The van der Waals surface area contributed by atoms with E-state index < -0.39 is 17.7 Å². The highest BCUT2D eigenvalue weighted by Gasteiger charge is 2.19. The van der Waals surface area contributed by atoms with Crippen molar-refractivity contribution in [3.05, 3.63) is 55.7 Å². The molecule has 1 atom stereocenters. The average molecular weight is 309 g/mol. The number of halogens is 4. The lowest BCUT2D eigenvalue weighted by Crippen LogP contribution is -2.28. The molecule has 96 valence electrons. The van der Waals surface area contributed by atoms with Crippen LogP contribution in [0.15, 0.2) is 24.3 Å². The van der Waals surface area contributed by atoms with Gasteiger partial charge in [-0.05, 0) is 23.8 Å². The first-order valence-corrected chi connectivity index (χ1v) is 6.46. The van der Waals surface area contributed by atoms with E-state index in [9.17, 15) is 8.78 Å². The number of thiophene rings is 1. The quantitative estimate of drug-likeness (QED) is 0.667. The summed E-state index contributed by atoms with van der Waals surface area (Å²) in [6, 6.07) is 4.64. The van der Waals surface area contributed by atoms with E-state index in [-0.39, 0.29) is 0 Å². The Morgan fingerprint density at radius 3 is 2.39 bits per heavy atom. The van der Waals surface area contributed by atoms with Crippen LogP contribution in [0.5, 0.6) is 0 Å². The van der Waals surface area contributed by atoms with Gasteiger partial charge in [0.25, 0.3) is 0 Å². The van der Waals surface area contributed by atoms with Crippen LogP contribution in [-0.4, -0.2) is 0 Å². The van der Waals surface area contributed by atoms with Gasteiger partial charge >= 0.3 is 0 Å². The lowest BCUT2D eigenvalue weighted by atomic mass is 10.0.